The highest BCUT2D eigenvalue weighted by Gasteiger charge is 2.11. The van der Waals surface area contributed by atoms with Crippen molar-refractivity contribution in [3.8, 4) is 56.2 Å². The third kappa shape index (κ3) is 5.42. The Morgan fingerprint density at radius 3 is 1.29 bits per heavy atom. The van der Waals surface area contributed by atoms with Gasteiger partial charge in [-0.25, -0.2) is 19.9 Å². The molecule has 0 bridgehead atoms. The SMILES string of the molecule is c1ccc(-c2ccc3ccc4ccc(-c5ccc(-c6ccc7ccc(-c8ccc9ccc(-c%10ccncc%10)nc9c8)nc7c6)cc5)nc4c3n2)cc1. The summed E-state index contributed by atoms with van der Waals surface area (Å²) in [5.74, 6) is 0. The molecular formula is C47H29N5. The lowest BCUT2D eigenvalue weighted by molar-refractivity contribution is 1.31. The van der Waals surface area contributed by atoms with Gasteiger partial charge in [0.2, 0.25) is 0 Å². The van der Waals surface area contributed by atoms with Crippen molar-refractivity contribution in [1.29, 1.82) is 0 Å². The van der Waals surface area contributed by atoms with E-state index in [9.17, 15) is 0 Å². The number of benzene rings is 5. The van der Waals surface area contributed by atoms with Gasteiger partial charge in [0.1, 0.15) is 0 Å². The number of hydrogen-bond donors (Lipinski definition) is 0. The molecule has 0 atom stereocenters. The predicted molar refractivity (Wildman–Crippen MR) is 213 cm³/mol. The van der Waals surface area contributed by atoms with E-state index in [1.165, 1.54) is 0 Å². The van der Waals surface area contributed by atoms with Crippen LogP contribution >= 0.6 is 0 Å². The number of rotatable bonds is 5. The molecule has 0 saturated heterocycles. The minimum Gasteiger partial charge on any atom is -0.265 e. The highest BCUT2D eigenvalue weighted by atomic mass is 14.8. The van der Waals surface area contributed by atoms with Crippen LogP contribution in [0.15, 0.2) is 176 Å². The summed E-state index contributed by atoms with van der Waals surface area (Å²) in [7, 11) is 0. The number of pyridine rings is 5. The van der Waals surface area contributed by atoms with Gasteiger partial charge in [0, 0.05) is 56.2 Å². The molecular weight excluding hydrogens is 635 g/mol. The van der Waals surface area contributed by atoms with E-state index in [2.05, 4.69) is 138 Å². The molecule has 10 rings (SSSR count). The Hall–Kier alpha value is -7.11. The Bertz CT molecular complexity index is 2940. The standard InChI is InChI=1S/C47H29N5/c1-2-4-31(5-3-1)41-22-18-36-12-13-37-19-23-42(52-47(37)46(36)51-41)32-8-6-30(7-9-32)38-14-10-33-17-21-43(50-44(33)28-38)39-15-11-34-16-20-40(49-45(34)29-39)35-24-26-48-27-25-35/h1-29H. The van der Waals surface area contributed by atoms with E-state index < -0.39 is 0 Å². The molecule has 242 valence electrons. The molecule has 0 amide bonds. The van der Waals surface area contributed by atoms with E-state index >= 15 is 0 Å². The summed E-state index contributed by atoms with van der Waals surface area (Å²) >= 11 is 0. The first-order valence-electron chi connectivity index (χ1n) is 17.3. The average molecular weight is 664 g/mol. The van der Waals surface area contributed by atoms with Crippen molar-refractivity contribution in [2.45, 2.75) is 0 Å². The zero-order valence-electron chi connectivity index (χ0n) is 28.0. The molecule has 0 aliphatic carbocycles. The zero-order chi connectivity index (χ0) is 34.4. The van der Waals surface area contributed by atoms with Crippen molar-refractivity contribution in [2.75, 3.05) is 0 Å². The molecule has 52 heavy (non-hydrogen) atoms. The summed E-state index contributed by atoms with van der Waals surface area (Å²) in [6.07, 6.45) is 3.59. The summed E-state index contributed by atoms with van der Waals surface area (Å²) in [6.45, 7) is 0. The molecule has 10 aromatic rings. The molecule has 0 radical (unpaired) electrons. The first-order chi connectivity index (χ1) is 25.7. The van der Waals surface area contributed by atoms with Crippen molar-refractivity contribution in [3.05, 3.63) is 176 Å². The molecule has 0 saturated carbocycles. The number of aromatic nitrogens is 5. The second-order valence-electron chi connectivity index (χ2n) is 13.0. The van der Waals surface area contributed by atoms with E-state index in [1.807, 2.05) is 30.3 Å². The predicted octanol–water partition coefficient (Wildman–Crippen LogP) is 11.6. The van der Waals surface area contributed by atoms with Crippen LogP contribution in [0, 0.1) is 0 Å². The Balaban J connectivity index is 0.965. The normalized spacial score (nSPS) is 11.5. The second kappa shape index (κ2) is 12.3. The minimum atomic E-state index is 0.907. The first kappa shape index (κ1) is 29.8. The van der Waals surface area contributed by atoms with E-state index in [1.54, 1.807) is 12.4 Å². The zero-order valence-corrected chi connectivity index (χ0v) is 28.0. The Labute approximate surface area is 300 Å². The maximum absolute atomic E-state index is 5.15. The Morgan fingerprint density at radius 2 is 0.673 bits per heavy atom. The molecule has 0 unspecified atom stereocenters. The molecule has 0 spiro atoms. The van der Waals surface area contributed by atoms with E-state index in [4.69, 9.17) is 19.9 Å². The van der Waals surface area contributed by atoms with Crippen molar-refractivity contribution >= 4 is 43.6 Å². The highest BCUT2D eigenvalue weighted by Crippen LogP contribution is 2.32. The van der Waals surface area contributed by atoms with Gasteiger partial charge in [-0.3, -0.25) is 4.98 Å². The lowest BCUT2D eigenvalue weighted by atomic mass is 10.00. The molecule has 5 nitrogen and oxygen atoms in total. The van der Waals surface area contributed by atoms with Crippen LogP contribution in [0.5, 0.6) is 0 Å². The second-order valence-corrected chi connectivity index (χ2v) is 13.0. The molecule has 0 fully saturated rings. The topological polar surface area (TPSA) is 64.5 Å². The van der Waals surface area contributed by atoms with E-state index in [0.717, 1.165) is 99.8 Å². The van der Waals surface area contributed by atoms with Crippen LogP contribution < -0.4 is 0 Å². The molecule has 0 aliphatic heterocycles. The fourth-order valence-electron chi connectivity index (χ4n) is 6.95. The lowest BCUT2D eigenvalue weighted by Crippen LogP contribution is -1.91. The van der Waals surface area contributed by atoms with Crippen LogP contribution in [-0.2, 0) is 0 Å². The largest absolute Gasteiger partial charge is 0.265 e. The van der Waals surface area contributed by atoms with Gasteiger partial charge in [-0.1, -0.05) is 115 Å². The third-order valence-corrected chi connectivity index (χ3v) is 9.76. The molecule has 5 aromatic carbocycles. The van der Waals surface area contributed by atoms with Gasteiger partial charge in [0.05, 0.1) is 44.8 Å². The fourth-order valence-corrected chi connectivity index (χ4v) is 6.95. The maximum Gasteiger partial charge on any atom is 0.0972 e. The summed E-state index contributed by atoms with van der Waals surface area (Å²) in [6, 6.07) is 56.8. The van der Waals surface area contributed by atoms with Crippen LogP contribution in [0.3, 0.4) is 0 Å². The molecule has 5 heteroatoms. The van der Waals surface area contributed by atoms with Gasteiger partial charge in [0.15, 0.2) is 0 Å². The average Bonchev–Trinajstić information content (AvgIpc) is 3.23. The summed E-state index contributed by atoms with van der Waals surface area (Å²) in [5, 5.41) is 4.34. The number of nitrogens with zero attached hydrogens (tertiary/aromatic N) is 5. The fraction of sp³-hybridized carbons (Fsp3) is 0. The quantitative estimate of drug-likeness (QED) is 0.171. The summed E-state index contributed by atoms with van der Waals surface area (Å²) in [4.78, 5) is 24.4. The van der Waals surface area contributed by atoms with Crippen LogP contribution in [-0.4, -0.2) is 24.9 Å². The smallest absolute Gasteiger partial charge is 0.0972 e. The number of fused-ring (bicyclic) bond motifs is 5. The van der Waals surface area contributed by atoms with Crippen LogP contribution in [0.2, 0.25) is 0 Å². The van der Waals surface area contributed by atoms with Gasteiger partial charge in [-0.15, -0.1) is 0 Å². The summed E-state index contributed by atoms with van der Waals surface area (Å²) < 4.78 is 0. The monoisotopic (exact) mass is 663 g/mol. The van der Waals surface area contributed by atoms with Crippen LogP contribution in [0.25, 0.3) is 99.8 Å². The minimum absolute atomic E-state index is 0.907. The lowest BCUT2D eigenvalue weighted by Gasteiger charge is -2.10. The van der Waals surface area contributed by atoms with Gasteiger partial charge in [-0.2, -0.15) is 0 Å². The van der Waals surface area contributed by atoms with Crippen LogP contribution in [0.4, 0.5) is 0 Å². The molecule has 0 N–H and O–H groups in total. The van der Waals surface area contributed by atoms with Crippen molar-refractivity contribution in [1.82, 2.24) is 24.9 Å². The van der Waals surface area contributed by atoms with Crippen LogP contribution in [0.1, 0.15) is 0 Å². The van der Waals surface area contributed by atoms with E-state index in [-0.39, 0.29) is 0 Å². The first-order valence-corrected chi connectivity index (χ1v) is 17.3. The molecule has 5 heterocycles. The van der Waals surface area contributed by atoms with Gasteiger partial charge < -0.3 is 0 Å². The van der Waals surface area contributed by atoms with Crippen molar-refractivity contribution in [2.24, 2.45) is 0 Å². The molecule has 5 aromatic heterocycles. The van der Waals surface area contributed by atoms with Gasteiger partial charge >= 0.3 is 0 Å². The van der Waals surface area contributed by atoms with Crippen molar-refractivity contribution < 1.29 is 0 Å². The Morgan fingerprint density at radius 1 is 0.269 bits per heavy atom. The Kier molecular flexibility index (Phi) is 7.07. The molecule has 0 aliphatic rings. The summed E-state index contributed by atoms with van der Waals surface area (Å²) in [5.41, 5.74) is 13.9. The van der Waals surface area contributed by atoms with E-state index in [0.29, 0.717) is 0 Å². The maximum atomic E-state index is 5.15. The highest BCUT2D eigenvalue weighted by molar-refractivity contribution is 6.04. The van der Waals surface area contributed by atoms with Gasteiger partial charge in [0.25, 0.3) is 0 Å². The van der Waals surface area contributed by atoms with Crippen molar-refractivity contribution in [3.63, 3.8) is 0 Å². The third-order valence-electron chi connectivity index (χ3n) is 9.76. The van der Waals surface area contributed by atoms with Gasteiger partial charge in [-0.05, 0) is 59.7 Å². The number of hydrogen-bond acceptors (Lipinski definition) is 5.